The van der Waals surface area contributed by atoms with Gasteiger partial charge in [0.1, 0.15) is 18.2 Å². The fourth-order valence-corrected chi connectivity index (χ4v) is 3.37. The van der Waals surface area contributed by atoms with Crippen molar-refractivity contribution >= 4 is 27.2 Å². The predicted molar refractivity (Wildman–Crippen MR) is 118 cm³/mol. The molecule has 0 radical (unpaired) electrons. The zero-order valence-corrected chi connectivity index (χ0v) is 18.4. The molecule has 0 saturated carbocycles. The Kier molecular flexibility index (Phi) is 7.33. The zero-order valence-electron chi connectivity index (χ0n) is 17.6. The van der Waals surface area contributed by atoms with E-state index in [1.807, 2.05) is 0 Å². The minimum atomic E-state index is -3.48. The molecule has 0 bridgehead atoms. The molecule has 3 aromatic rings. The summed E-state index contributed by atoms with van der Waals surface area (Å²) in [5, 5.41) is 3.03. The Hall–Kier alpha value is -3.57. The summed E-state index contributed by atoms with van der Waals surface area (Å²) >= 11 is 0. The van der Waals surface area contributed by atoms with Crippen LogP contribution in [-0.2, 0) is 25.8 Å². The first kappa shape index (κ1) is 23.1. The molecule has 168 valence electrons. The number of rotatable bonds is 10. The van der Waals surface area contributed by atoms with Gasteiger partial charge in [-0.15, -0.1) is 0 Å². The first-order valence-corrected chi connectivity index (χ1v) is 11.4. The number of ether oxygens (including phenoxy) is 2. The van der Waals surface area contributed by atoms with Crippen LogP contribution in [0.1, 0.15) is 5.69 Å². The van der Waals surface area contributed by atoms with Crippen molar-refractivity contribution in [1.82, 2.24) is 15.0 Å². The van der Waals surface area contributed by atoms with Gasteiger partial charge in [-0.25, -0.2) is 13.4 Å². The fourth-order valence-electron chi connectivity index (χ4n) is 2.78. The second-order valence-electron chi connectivity index (χ2n) is 6.84. The third-order valence-electron chi connectivity index (χ3n) is 4.25. The molecule has 0 unspecified atom stereocenters. The lowest BCUT2D eigenvalue weighted by Crippen LogP contribution is -2.15. The van der Waals surface area contributed by atoms with Crippen LogP contribution < -0.4 is 15.8 Å². The van der Waals surface area contributed by atoms with Gasteiger partial charge >= 0.3 is 0 Å². The van der Waals surface area contributed by atoms with Crippen molar-refractivity contribution in [3.63, 3.8) is 0 Å². The van der Waals surface area contributed by atoms with Gasteiger partial charge in [-0.05, 0) is 30.3 Å². The van der Waals surface area contributed by atoms with E-state index in [-0.39, 0.29) is 11.4 Å². The smallest absolute Gasteiger partial charge is 0.223 e. The summed E-state index contributed by atoms with van der Waals surface area (Å²) in [7, 11) is -1.89. The number of nitrogens with two attached hydrogens (primary N) is 1. The van der Waals surface area contributed by atoms with E-state index in [1.165, 1.54) is 6.07 Å². The van der Waals surface area contributed by atoms with E-state index in [4.69, 9.17) is 15.2 Å². The van der Waals surface area contributed by atoms with E-state index in [1.54, 1.807) is 49.8 Å². The van der Waals surface area contributed by atoms with Crippen LogP contribution in [0.5, 0.6) is 5.75 Å². The number of methoxy groups -OCH3 is 1. The molecule has 3 N–H and O–H groups in total. The SMILES string of the molecule is COCCOc1ccc(-c2cnc(CC(N)=O)cc2Nc2cccc(S(C)(=O)=O)n2)nc1. The highest BCUT2D eigenvalue weighted by Gasteiger charge is 2.14. The number of nitrogens with one attached hydrogen (secondary N) is 1. The molecule has 3 heterocycles. The average molecular weight is 458 g/mol. The van der Waals surface area contributed by atoms with Crippen molar-refractivity contribution < 1.29 is 22.7 Å². The summed E-state index contributed by atoms with van der Waals surface area (Å²) in [6.07, 6.45) is 4.18. The number of carbonyl (C=O) groups is 1. The lowest BCUT2D eigenvalue weighted by Gasteiger charge is -2.13. The Bertz CT molecular complexity index is 1200. The van der Waals surface area contributed by atoms with E-state index in [9.17, 15) is 13.2 Å². The number of hydrogen-bond donors (Lipinski definition) is 2. The van der Waals surface area contributed by atoms with Crippen molar-refractivity contribution in [2.75, 3.05) is 31.9 Å². The number of aromatic nitrogens is 3. The number of pyridine rings is 3. The molecular weight excluding hydrogens is 434 g/mol. The first-order valence-electron chi connectivity index (χ1n) is 9.56. The van der Waals surface area contributed by atoms with E-state index in [2.05, 4.69) is 20.3 Å². The molecule has 0 fully saturated rings. The van der Waals surface area contributed by atoms with E-state index < -0.39 is 15.7 Å². The molecule has 11 heteroatoms. The van der Waals surface area contributed by atoms with E-state index in [0.717, 1.165) is 6.26 Å². The van der Waals surface area contributed by atoms with Gasteiger partial charge in [0.2, 0.25) is 5.91 Å². The monoisotopic (exact) mass is 457 g/mol. The molecule has 0 aliphatic heterocycles. The highest BCUT2D eigenvalue weighted by Crippen LogP contribution is 2.30. The Morgan fingerprint density at radius 2 is 1.94 bits per heavy atom. The molecule has 0 aliphatic carbocycles. The lowest BCUT2D eigenvalue weighted by atomic mass is 10.1. The molecule has 0 spiro atoms. The summed E-state index contributed by atoms with van der Waals surface area (Å²) in [5.41, 5.74) is 7.49. The van der Waals surface area contributed by atoms with Gasteiger partial charge in [-0.1, -0.05) is 6.07 Å². The van der Waals surface area contributed by atoms with Crippen molar-refractivity contribution in [3.05, 3.63) is 54.5 Å². The van der Waals surface area contributed by atoms with Crippen LogP contribution >= 0.6 is 0 Å². The molecular formula is C21H23N5O5S. The second kappa shape index (κ2) is 10.2. The largest absolute Gasteiger partial charge is 0.490 e. The number of hydrogen-bond acceptors (Lipinski definition) is 9. The maximum absolute atomic E-state index is 11.8. The standard InChI is InChI=1S/C21H23N5O5S/c1-30-8-9-31-15-6-7-17(24-12-15)16-13-23-14(11-19(22)27)10-18(16)25-20-4-3-5-21(26-20)32(2,28)29/h3-7,10,12-13H,8-9,11H2,1-2H3,(H2,22,27)(H,23,25,26). The first-order chi connectivity index (χ1) is 15.3. The van der Waals surface area contributed by atoms with Gasteiger partial charge in [-0.2, -0.15) is 0 Å². The van der Waals surface area contributed by atoms with Crippen LogP contribution in [0.3, 0.4) is 0 Å². The maximum atomic E-state index is 11.8. The number of primary amides is 1. The van der Waals surface area contributed by atoms with Crippen LogP contribution in [0.4, 0.5) is 11.5 Å². The predicted octanol–water partition coefficient (Wildman–Crippen LogP) is 1.74. The molecule has 3 rings (SSSR count). The second-order valence-corrected chi connectivity index (χ2v) is 8.81. The third-order valence-corrected chi connectivity index (χ3v) is 5.24. The number of nitrogens with zero attached hydrogens (tertiary/aromatic N) is 3. The molecule has 0 aromatic carbocycles. The Balaban J connectivity index is 1.95. The van der Waals surface area contributed by atoms with Crippen LogP contribution in [0, 0.1) is 0 Å². The van der Waals surface area contributed by atoms with Gasteiger partial charge in [0.15, 0.2) is 14.9 Å². The zero-order chi connectivity index (χ0) is 23.1. The highest BCUT2D eigenvalue weighted by molar-refractivity contribution is 7.90. The highest BCUT2D eigenvalue weighted by atomic mass is 32.2. The number of anilines is 2. The molecule has 0 aliphatic rings. The van der Waals surface area contributed by atoms with Gasteiger partial charge < -0.3 is 20.5 Å². The maximum Gasteiger partial charge on any atom is 0.223 e. The Morgan fingerprint density at radius 3 is 2.59 bits per heavy atom. The molecule has 0 saturated heterocycles. The average Bonchev–Trinajstić information content (AvgIpc) is 2.74. The topological polar surface area (TPSA) is 146 Å². The number of amides is 1. The van der Waals surface area contributed by atoms with Crippen molar-refractivity contribution in [2.24, 2.45) is 5.73 Å². The van der Waals surface area contributed by atoms with Crippen LogP contribution in [0.2, 0.25) is 0 Å². The fraction of sp³-hybridized carbons (Fsp3) is 0.238. The summed E-state index contributed by atoms with van der Waals surface area (Å²) in [6, 6.07) is 9.81. The third kappa shape index (κ3) is 6.22. The summed E-state index contributed by atoms with van der Waals surface area (Å²) < 4.78 is 34.2. The normalized spacial score (nSPS) is 11.2. The Morgan fingerprint density at radius 1 is 1.12 bits per heavy atom. The summed E-state index contributed by atoms with van der Waals surface area (Å²) in [5.74, 6) is 0.371. The van der Waals surface area contributed by atoms with Gasteiger partial charge in [-0.3, -0.25) is 14.8 Å². The minimum absolute atomic E-state index is 0.0501. The van der Waals surface area contributed by atoms with Crippen molar-refractivity contribution in [2.45, 2.75) is 11.4 Å². The minimum Gasteiger partial charge on any atom is -0.490 e. The van der Waals surface area contributed by atoms with E-state index >= 15 is 0 Å². The van der Waals surface area contributed by atoms with Crippen molar-refractivity contribution in [3.8, 4) is 17.0 Å². The van der Waals surface area contributed by atoms with Gasteiger partial charge in [0.25, 0.3) is 0 Å². The molecule has 1 amide bonds. The molecule has 10 nitrogen and oxygen atoms in total. The van der Waals surface area contributed by atoms with Gasteiger partial charge in [0.05, 0.1) is 36.3 Å². The molecule has 3 aromatic heterocycles. The summed E-state index contributed by atoms with van der Waals surface area (Å²) in [6.45, 7) is 0.858. The molecule has 32 heavy (non-hydrogen) atoms. The quantitative estimate of drug-likeness (QED) is 0.434. The number of sulfone groups is 1. The van der Waals surface area contributed by atoms with E-state index in [0.29, 0.717) is 47.4 Å². The summed E-state index contributed by atoms with van der Waals surface area (Å²) in [4.78, 5) is 24.2. The molecule has 0 atom stereocenters. The van der Waals surface area contributed by atoms with Crippen LogP contribution in [0.25, 0.3) is 11.3 Å². The van der Waals surface area contributed by atoms with Crippen LogP contribution in [-0.4, -0.2) is 55.9 Å². The van der Waals surface area contributed by atoms with Crippen LogP contribution in [0.15, 0.2) is 53.8 Å². The Labute approximate surface area is 185 Å². The number of carbonyl (C=O) groups excluding carboxylic acids is 1. The van der Waals surface area contributed by atoms with Gasteiger partial charge in [0, 0.05) is 25.1 Å². The lowest BCUT2D eigenvalue weighted by molar-refractivity contribution is -0.117. The van der Waals surface area contributed by atoms with Crippen molar-refractivity contribution in [1.29, 1.82) is 0 Å².